The van der Waals surface area contributed by atoms with E-state index in [1.54, 1.807) is 12.0 Å². The van der Waals surface area contributed by atoms with Gasteiger partial charge in [0.15, 0.2) is 0 Å². The minimum atomic E-state index is 0.147. The highest BCUT2D eigenvalue weighted by Crippen LogP contribution is 2.05. The van der Waals surface area contributed by atoms with E-state index in [4.69, 9.17) is 10.00 Å². The Morgan fingerprint density at radius 1 is 1.29 bits per heavy atom. The molecular weight excluding hydrogens is 216 g/mol. The topological polar surface area (TPSA) is 53.3 Å². The van der Waals surface area contributed by atoms with E-state index in [1.807, 2.05) is 0 Å². The normalized spacial score (nSPS) is 9.94. The number of methoxy groups -OCH3 is 1. The molecular formula is C13H24N2O2. The number of carbonyl (C=O) groups is 1. The smallest absolute Gasteiger partial charge is 0.222 e. The fraction of sp³-hybridized carbons (Fsp3) is 0.846. The molecule has 1 amide bonds. The molecule has 0 N–H and O–H groups in total. The summed E-state index contributed by atoms with van der Waals surface area (Å²) in [4.78, 5) is 13.6. The Balaban J connectivity index is 3.90. The molecule has 0 fully saturated rings. The molecule has 0 saturated heterocycles. The van der Waals surface area contributed by atoms with E-state index in [1.165, 1.54) is 12.8 Å². The predicted octanol–water partition coefficient (Wildman–Crippen LogP) is 2.35. The SMILES string of the molecule is CCCCCCC(=O)N(CCC#N)CCOC. The number of rotatable bonds is 10. The Bertz CT molecular complexity index is 236. The number of nitriles is 1. The average Bonchev–Trinajstić information content (AvgIpc) is 2.34. The standard InChI is InChI=1S/C13H24N2O2/c1-3-4-5-6-8-13(16)15(10-7-9-14)11-12-17-2/h3-8,10-12H2,1-2H3. The maximum absolute atomic E-state index is 11.9. The van der Waals surface area contributed by atoms with Gasteiger partial charge in [0.2, 0.25) is 5.91 Å². The first-order valence-electron chi connectivity index (χ1n) is 6.39. The van der Waals surface area contributed by atoms with Crippen LogP contribution in [0.15, 0.2) is 0 Å². The molecule has 0 rings (SSSR count). The molecule has 0 spiro atoms. The van der Waals surface area contributed by atoms with Crippen LogP contribution in [0, 0.1) is 11.3 Å². The van der Waals surface area contributed by atoms with Crippen LogP contribution in [0.25, 0.3) is 0 Å². The molecule has 0 aromatic heterocycles. The summed E-state index contributed by atoms with van der Waals surface area (Å²) >= 11 is 0. The van der Waals surface area contributed by atoms with Gasteiger partial charge in [-0.1, -0.05) is 26.2 Å². The first-order chi connectivity index (χ1) is 8.26. The monoisotopic (exact) mass is 240 g/mol. The number of hydrogen-bond acceptors (Lipinski definition) is 3. The van der Waals surface area contributed by atoms with Gasteiger partial charge in [0, 0.05) is 26.6 Å². The van der Waals surface area contributed by atoms with Crippen LogP contribution in [-0.2, 0) is 9.53 Å². The van der Waals surface area contributed by atoms with E-state index in [0.29, 0.717) is 32.5 Å². The Hall–Kier alpha value is -1.08. The molecule has 0 unspecified atom stereocenters. The number of unbranched alkanes of at least 4 members (excludes halogenated alkanes) is 3. The van der Waals surface area contributed by atoms with Crippen LogP contribution >= 0.6 is 0 Å². The van der Waals surface area contributed by atoms with Gasteiger partial charge in [0.25, 0.3) is 0 Å². The van der Waals surface area contributed by atoms with E-state index in [9.17, 15) is 4.79 Å². The van der Waals surface area contributed by atoms with Gasteiger partial charge in [-0.25, -0.2) is 0 Å². The molecule has 0 radical (unpaired) electrons. The molecule has 0 aliphatic heterocycles. The van der Waals surface area contributed by atoms with Crippen molar-refractivity contribution in [1.82, 2.24) is 4.90 Å². The van der Waals surface area contributed by atoms with Gasteiger partial charge in [-0.15, -0.1) is 0 Å². The third kappa shape index (κ3) is 8.70. The fourth-order valence-electron chi connectivity index (χ4n) is 1.61. The van der Waals surface area contributed by atoms with E-state index in [0.717, 1.165) is 12.8 Å². The zero-order valence-electron chi connectivity index (χ0n) is 11.1. The second kappa shape index (κ2) is 11.4. The Morgan fingerprint density at radius 3 is 2.65 bits per heavy atom. The molecule has 98 valence electrons. The van der Waals surface area contributed by atoms with Crippen molar-refractivity contribution in [1.29, 1.82) is 5.26 Å². The fourth-order valence-corrected chi connectivity index (χ4v) is 1.61. The quantitative estimate of drug-likeness (QED) is 0.551. The molecule has 0 saturated carbocycles. The van der Waals surface area contributed by atoms with Crippen LogP contribution in [0.2, 0.25) is 0 Å². The lowest BCUT2D eigenvalue weighted by molar-refractivity contribution is -0.131. The van der Waals surface area contributed by atoms with Gasteiger partial charge < -0.3 is 9.64 Å². The number of amides is 1. The van der Waals surface area contributed by atoms with Crippen molar-refractivity contribution in [2.75, 3.05) is 26.8 Å². The van der Waals surface area contributed by atoms with Crippen LogP contribution in [0.3, 0.4) is 0 Å². The summed E-state index contributed by atoms with van der Waals surface area (Å²) in [6.07, 6.45) is 5.40. The van der Waals surface area contributed by atoms with Crippen molar-refractivity contribution in [2.45, 2.75) is 45.4 Å². The highest BCUT2D eigenvalue weighted by molar-refractivity contribution is 5.76. The molecule has 0 heterocycles. The largest absolute Gasteiger partial charge is 0.383 e. The molecule has 0 aliphatic rings. The highest BCUT2D eigenvalue weighted by Gasteiger charge is 2.12. The molecule has 0 bridgehead atoms. The van der Waals surface area contributed by atoms with E-state index < -0.39 is 0 Å². The summed E-state index contributed by atoms with van der Waals surface area (Å²) in [5.41, 5.74) is 0. The lowest BCUT2D eigenvalue weighted by Gasteiger charge is -2.21. The Kier molecular flexibility index (Phi) is 10.7. The summed E-state index contributed by atoms with van der Waals surface area (Å²) < 4.78 is 4.97. The molecule has 0 aromatic carbocycles. The third-order valence-electron chi connectivity index (χ3n) is 2.66. The minimum absolute atomic E-state index is 0.147. The molecule has 4 nitrogen and oxygen atoms in total. The molecule has 4 heteroatoms. The summed E-state index contributed by atoms with van der Waals surface area (Å²) in [6.45, 7) is 3.79. The van der Waals surface area contributed by atoms with Crippen molar-refractivity contribution < 1.29 is 9.53 Å². The van der Waals surface area contributed by atoms with Crippen molar-refractivity contribution in [2.24, 2.45) is 0 Å². The lowest BCUT2D eigenvalue weighted by atomic mass is 10.1. The van der Waals surface area contributed by atoms with Crippen LogP contribution in [0.1, 0.15) is 45.4 Å². The summed E-state index contributed by atoms with van der Waals surface area (Å²) in [7, 11) is 1.62. The first kappa shape index (κ1) is 15.9. The first-order valence-corrected chi connectivity index (χ1v) is 6.39. The van der Waals surface area contributed by atoms with Gasteiger partial charge in [-0.05, 0) is 6.42 Å². The van der Waals surface area contributed by atoms with Gasteiger partial charge in [0.05, 0.1) is 19.1 Å². The number of carbonyl (C=O) groups excluding carboxylic acids is 1. The van der Waals surface area contributed by atoms with Crippen LogP contribution in [0.4, 0.5) is 0 Å². The van der Waals surface area contributed by atoms with E-state index in [-0.39, 0.29) is 5.91 Å². The van der Waals surface area contributed by atoms with Crippen molar-refractivity contribution in [3.05, 3.63) is 0 Å². The molecule has 0 aromatic rings. The lowest BCUT2D eigenvalue weighted by Crippen LogP contribution is -2.34. The maximum atomic E-state index is 11.9. The molecule has 0 aliphatic carbocycles. The average molecular weight is 240 g/mol. The third-order valence-corrected chi connectivity index (χ3v) is 2.66. The predicted molar refractivity (Wildman–Crippen MR) is 67.4 cm³/mol. The summed E-state index contributed by atoms with van der Waals surface area (Å²) in [6, 6.07) is 2.07. The van der Waals surface area contributed by atoms with Crippen molar-refractivity contribution in [3.63, 3.8) is 0 Å². The molecule has 0 atom stereocenters. The van der Waals surface area contributed by atoms with Crippen LogP contribution in [0.5, 0.6) is 0 Å². The minimum Gasteiger partial charge on any atom is -0.383 e. The van der Waals surface area contributed by atoms with E-state index >= 15 is 0 Å². The summed E-state index contributed by atoms with van der Waals surface area (Å²) in [5, 5.41) is 8.55. The number of hydrogen-bond donors (Lipinski definition) is 0. The second-order valence-corrected chi connectivity index (χ2v) is 4.09. The maximum Gasteiger partial charge on any atom is 0.222 e. The molecule has 17 heavy (non-hydrogen) atoms. The summed E-state index contributed by atoms with van der Waals surface area (Å²) in [5.74, 6) is 0.147. The van der Waals surface area contributed by atoms with Crippen molar-refractivity contribution >= 4 is 5.91 Å². The van der Waals surface area contributed by atoms with Gasteiger partial charge in [-0.2, -0.15) is 5.26 Å². The zero-order valence-corrected chi connectivity index (χ0v) is 11.1. The van der Waals surface area contributed by atoms with Gasteiger partial charge >= 0.3 is 0 Å². The zero-order chi connectivity index (χ0) is 12.9. The van der Waals surface area contributed by atoms with Gasteiger partial charge in [0.1, 0.15) is 0 Å². The number of ether oxygens (including phenoxy) is 1. The second-order valence-electron chi connectivity index (χ2n) is 4.09. The van der Waals surface area contributed by atoms with Crippen molar-refractivity contribution in [3.8, 4) is 6.07 Å². The highest BCUT2D eigenvalue weighted by atomic mass is 16.5. The van der Waals surface area contributed by atoms with Crippen LogP contribution in [-0.4, -0.2) is 37.6 Å². The van der Waals surface area contributed by atoms with Crippen LogP contribution < -0.4 is 0 Å². The van der Waals surface area contributed by atoms with E-state index in [2.05, 4.69) is 13.0 Å². The Labute approximate surface area is 105 Å². The van der Waals surface area contributed by atoms with Gasteiger partial charge in [-0.3, -0.25) is 4.79 Å². The number of nitrogens with zero attached hydrogens (tertiary/aromatic N) is 2. The Morgan fingerprint density at radius 2 is 2.06 bits per heavy atom.